The molecule has 1 aliphatic heterocycles. The molecule has 2 N–H and O–H groups in total. The van der Waals surface area contributed by atoms with Crippen LogP contribution in [0.2, 0.25) is 0 Å². The zero-order chi connectivity index (χ0) is 16.7. The molecule has 1 amide bonds. The molecular formula is C11H11BrFN3O5S. The van der Waals surface area contributed by atoms with Crippen molar-refractivity contribution in [3.05, 3.63) is 32.5 Å². The Kier molecular flexibility index (Phi) is 4.49. The number of benzene rings is 1. The summed E-state index contributed by atoms with van der Waals surface area (Å²) < 4.78 is 36.4. The van der Waals surface area contributed by atoms with Gasteiger partial charge in [-0.3, -0.25) is 14.9 Å². The van der Waals surface area contributed by atoms with Gasteiger partial charge in [0.1, 0.15) is 0 Å². The Morgan fingerprint density at radius 3 is 2.68 bits per heavy atom. The van der Waals surface area contributed by atoms with E-state index in [0.717, 1.165) is 17.0 Å². The molecule has 8 nitrogen and oxygen atoms in total. The SMILES string of the molecule is NS(=O)(=O)CC1CC(=O)N(c2c(F)cc(Br)cc2[N+](=O)[O-])C1. The van der Waals surface area contributed by atoms with Crippen molar-refractivity contribution in [3.8, 4) is 0 Å². The average Bonchev–Trinajstić information content (AvgIpc) is 2.66. The van der Waals surface area contributed by atoms with E-state index in [1.165, 1.54) is 0 Å². The number of primary sulfonamides is 1. The van der Waals surface area contributed by atoms with Crippen molar-refractivity contribution in [2.75, 3.05) is 17.2 Å². The standard InChI is InChI=1S/C11H11BrFN3O5S/c12-7-2-8(13)11(9(3-7)16(18)19)15-4-6(1-10(15)17)5-22(14,20)21/h2-3,6H,1,4-5H2,(H2,14,20,21). The van der Waals surface area contributed by atoms with Crippen LogP contribution in [0.1, 0.15) is 6.42 Å². The molecule has 1 atom stereocenters. The van der Waals surface area contributed by atoms with E-state index in [-0.39, 0.29) is 17.4 Å². The fourth-order valence-corrected chi connectivity index (χ4v) is 3.69. The number of nitro benzene ring substituents is 1. The van der Waals surface area contributed by atoms with Crippen LogP contribution in [0.5, 0.6) is 0 Å². The molecule has 0 aliphatic carbocycles. The molecule has 1 aromatic carbocycles. The molecular weight excluding hydrogens is 385 g/mol. The Hall–Kier alpha value is -1.59. The molecule has 11 heteroatoms. The smallest absolute Gasteiger partial charge is 0.297 e. The van der Waals surface area contributed by atoms with Gasteiger partial charge in [-0.05, 0) is 6.07 Å². The van der Waals surface area contributed by atoms with Crippen molar-refractivity contribution in [1.82, 2.24) is 0 Å². The Bertz CT molecular complexity index is 754. The highest BCUT2D eigenvalue weighted by Gasteiger charge is 2.37. The number of rotatable bonds is 4. The number of anilines is 1. The van der Waals surface area contributed by atoms with Crippen LogP contribution in [0.3, 0.4) is 0 Å². The van der Waals surface area contributed by atoms with Gasteiger partial charge >= 0.3 is 0 Å². The number of hydrogen-bond donors (Lipinski definition) is 1. The second kappa shape index (κ2) is 5.89. The van der Waals surface area contributed by atoms with Crippen LogP contribution in [-0.2, 0) is 14.8 Å². The van der Waals surface area contributed by atoms with Crippen molar-refractivity contribution in [2.45, 2.75) is 6.42 Å². The number of carbonyl (C=O) groups excluding carboxylic acids is 1. The minimum Gasteiger partial charge on any atom is -0.304 e. The fourth-order valence-electron chi connectivity index (χ4n) is 2.40. The lowest BCUT2D eigenvalue weighted by atomic mass is 10.1. The first-order chi connectivity index (χ1) is 10.1. The minimum absolute atomic E-state index is 0.144. The van der Waals surface area contributed by atoms with E-state index in [1.54, 1.807) is 0 Å². The second-order valence-electron chi connectivity index (χ2n) is 4.92. The van der Waals surface area contributed by atoms with E-state index in [2.05, 4.69) is 15.9 Å². The molecule has 0 saturated carbocycles. The number of nitrogens with zero attached hydrogens (tertiary/aromatic N) is 2. The van der Waals surface area contributed by atoms with E-state index in [1.807, 2.05) is 0 Å². The van der Waals surface area contributed by atoms with E-state index in [4.69, 9.17) is 5.14 Å². The molecule has 1 fully saturated rings. The molecule has 0 radical (unpaired) electrons. The third kappa shape index (κ3) is 3.59. The van der Waals surface area contributed by atoms with Gasteiger partial charge in [-0.15, -0.1) is 0 Å². The van der Waals surface area contributed by atoms with E-state index >= 15 is 0 Å². The van der Waals surface area contributed by atoms with Crippen LogP contribution in [-0.4, -0.2) is 31.5 Å². The summed E-state index contributed by atoms with van der Waals surface area (Å²) in [7, 11) is -3.79. The number of carbonyl (C=O) groups is 1. The summed E-state index contributed by atoms with van der Waals surface area (Å²) >= 11 is 2.95. The van der Waals surface area contributed by atoms with Gasteiger partial charge in [0, 0.05) is 29.4 Å². The van der Waals surface area contributed by atoms with Crippen molar-refractivity contribution < 1.29 is 22.5 Å². The normalized spacial score (nSPS) is 18.8. The number of halogens is 2. The monoisotopic (exact) mass is 395 g/mol. The van der Waals surface area contributed by atoms with Crippen molar-refractivity contribution >= 4 is 43.2 Å². The highest BCUT2D eigenvalue weighted by Crippen LogP contribution is 2.37. The third-order valence-electron chi connectivity index (χ3n) is 3.15. The first-order valence-corrected chi connectivity index (χ1v) is 8.53. The van der Waals surface area contributed by atoms with E-state index in [0.29, 0.717) is 0 Å². The van der Waals surface area contributed by atoms with E-state index in [9.17, 15) is 27.7 Å². The summed E-state index contributed by atoms with van der Waals surface area (Å²) in [6.07, 6.45) is -0.164. The molecule has 0 aromatic heterocycles. The molecule has 0 bridgehead atoms. The molecule has 1 aromatic rings. The van der Waals surface area contributed by atoms with Crippen molar-refractivity contribution in [2.24, 2.45) is 11.1 Å². The average molecular weight is 396 g/mol. The molecule has 1 saturated heterocycles. The van der Waals surface area contributed by atoms with Crippen LogP contribution < -0.4 is 10.0 Å². The van der Waals surface area contributed by atoms with Crippen LogP contribution in [0.15, 0.2) is 16.6 Å². The van der Waals surface area contributed by atoms with Crippen LogP contribution >= 0.6 is 15.9 Å². The number of amides is 1. The van der Waals surface area contributed by atoms with Gasteiger partial charge in [0.05, 0.1) is 10.7 Å². The molecule has 1 heterocycles. The summed E-state index contributed by atoms with van der Waals surface area (Å²) in [6.45, 7) is -0.144. The third-order valence-corrected chi connectivity index (χ3v) is 4.54. The lowest BCUT2D eigenvalue weighted by molar-refractivity contribution is -0.384. The molecule has 1 aliphatic rings. The zero-order valence-electron chi connectivity index (χ0n) is 11.0. The largest absolute Gasteiger partial charge is 0.304 e. The number of nitro groups is 1. The topological polar surface area (TPSA) is 124 Å². The summed E-state index contributed by atoms with van der Waals surface area (Å²) in [4.78, 5) is 23.1. The molecule has 22 heavy (non-hydrogen) atoms. The Labute approximate surface area is 133 Å². The first-order valence-electron chi connectivity index (χ1n) is 6.02. The number of hydrogen-bond acceptors (Lipinski definition) is 5. The maximum absolute atomic E-state index is 14.1. The van der Waals surface area contributed by atoms with Crippen molar-refractivity contribution in [1.29, 1.82) is 0 Å². The first kappa shape index (κ1) is 16.8. The van der Waals surface area contributed by atoms with Crippen LogP contribution in [0.4, 0.5) is 15.8 Å². The van der Waals surface area contributed by atoms with Crippen LogP contribution in [0, 0.1) is 21.8 Å². The van der Waals surface area contributed by atoms with Gasteiger partial charge in [-0.2, -0.15) is 0 Å². The van der Waals surface area contributed by atoms with Gasteiger partial charge in [-0.25, -0.2) is 17.9 Å². The zero-order valence-corrected chi connectivity index (χ0v) is 13.4. The summed E-state index contributed by atoms with van der Waals surface area (Å²) in [5.74, 6) is -2.60. The summed E-state index contributed by atoms with van der Waals surface area (Å²) in [6, 6.07) is 2.08. The Morgan fingerprint density at radius 1 is 1.50 bits per heavy atom. The maximum atomic E-state index is 14.1. The highest BCUT2D eigenvalue weighted by atomic mass is 79.9. The van der Waals surface area contributed by atoms with E-state index < -0.39 is 49.7 Å². The predicted molar refractivity (Wildman–Crippen MR) is 79.2 cm³/mol. The van der Waals surface area contributed by atoms with Gasteiger partial charge in [0.15, 0.2) is 11.5 Å². The van der Waals surface area contributed by atoms with Gasteiger partial charge in [0.2, 0.25) is 15.9 Å². The Balaban J connectivity index is 2.40. The Morgan fingerprint density at radius 2 is 2.14 bits per heavy atom. The quantitative estimate of drug-likeness (QED) is 0.604. The second-order valence-corrected chi connectivity index (χ2v) is 7.49. The molecule has 2 rings (SSSR count). The van der Waals surface area contributed by atoms with Gasteiger partial charge in [-0.1, -0.05) is 15.9 Å². The molecule has 0 spiro atoms. The molecule has 1 unspecified atom stereocenters. The lowest BCUT2D eigenvalue weighted by Crippen LogP contribution is -2.28. The number of sulfonamides is 1. The summed E-state index contributed by atoms with van der Waals surface area (Å²) in [5, 5.41) is 16.0. The minimum atomic E-state index is -3.79. The maximum Gasteiger partial charge on any atom is 0.297 e. The lowest BCUT2D eigenvalue weighted by Gasteiger charge is -2.17. The summed E-state index contributed by atoms with van der Waals surface area (Å²) in [5.41, 5.74) is -1.04. The highest BCUT2D eigenvalue weighted by molar-refractivity contribution is 9.10. The van der Waals surface area contributed by atoms with Crippen LogP contribution in [0.25, 0.3) is 0 Å². The number of nitrogens with two attached hydrogens (primary N) is 1. The van der Waals surface area contributed by atoms with Gasteiger partial charge in [0.25, 0.3) is 5.69 Å². The van der Waals surface area contributed by atoms with Crippen molar-refractivity contribution in [3.63, 3.8) is 0 Å². The van der Waals surface area contributed by atoms with Gasteiger partial charge < -0.3 is 4.90 Å². The molecule has 120 valence electrons. The fraction of sp³-hybridized carbons (Fsp3) is 0.364. The predicted octanol–water partition coefficient (Wildman–Crippen LogP) is 1.14.